The molecule has 0 aromatic heterocycles. The molecule has 4 aliphatic rings. The monoisotopic (exact) mass is 584 g/mol. The molecule has 3 aromatic carbocycles. The Morgan fingerprint density at radius 3 is 2.58 bits per heavy atom. The van der Waals surface area contributed by atoms with Crippen LogP contribution >= 0.6 is 0 Å². The summed E-state index contributed by atoms with van der Waals surface area (Å²) in [7, 11) is 0. The van der Waals surface area contributed by atoms with Gasteiger partial charge in [0.25, 0.3) is 5.91 Å². The van der Waals surface area contributed by atoms with E-state index in [9.17, 15) is 19.5 Å². The number of phenolic OH excluding ortho intramolecular Hbond substituents is 1. The van der Waals surface area contributed by atoms with Crippen LogP contribution in [-0.2, 0) is 16.0 Å². The summed E-state index contributed by atoms with van der Waals surface area (Å²) >= 11 is 0. The molecular weight excluding hydrogens is 548 g/mol. The Hall–Kier alpha value is -4.57. The van der Waals surface area contributed by atoms with Crippen LogP contribution in [0.2, 0.25) is 0 Å². The van der Waals surface area contributed by atoms with Crippen molar-refractivity contribution < 1.29 is 29.0 Å². The molecule has 224 valence electrons. The van der Waals surface area contributed by atoms with Crippen molar-refractivity contribution in [2.75, 3.05) is 39.3 Å². The fourth-order valence-corrected chi connectivity index (χ4v) is 6.29. The number of nitrogens with two attached hydrogens (primary N) is 1. The number of benzene rings is 3. The Kier molecular flexibility index (Phi) is 8.20. The van der Waals surface area contributed by atoms with Crippen LogP contribution in [0, 0.1) is 5.92 Å². The topological polar surface area (TPSA) is 134 Å². The number of piperidine rings is 1. The van der Waals surface area contributed by atoms with Gasteiger partial charge in [0, 0.05) is 19.0 Å². The summed E-state index contributed by atoms with van der Waals surface area (Å²) in [6.07, 6.45) is 2.60. The predicted octanol–water partition coefficient (Wildman–Crippen LogP) is 3.37. The van der Waals surface area contributed by atoms with Gasteiger partial charge in [0.15, 0.2) is 0 Å². The van der Waals surface area contributed by atoms with Crippen molar-refractivity contribution in [3.8, 4) is 23.0 Å². The van der Waals surface area contributed by atoms with Crippen molar-refractivity contribution in [3.05, 3.63) is 82.9 Å². The van der Waals surface area contributed by atoms with Crippen LogP contribution in [0.25, 0.3) is 0 Å². The van der Waals surface area contributed by atoms with E-state index >= 15 is 0 Å². The van der Waals surface area contributed by atoms with E-state index in [4.69, 9.17) is 15.2 Å². The molecule has 10 heteroatoms. The number of likely N-dealkylation sites (tertiary alicyclic amines) is 1. The first-order chi connectivity index (χ1) is 20.9. The van der Waals surface area contributed by atoms with E-state index in [1.54, 1.807) is 6.07 Å². The first-order valence-electron chi connectivity index (χ1n) is 14.8. The van der Waals surface area contributed by atoms with Gasteiger partial charge in [-0.1, -0.05) is 18.2 Å². The van der Waals surface area contributed by atoms with Gasteiger partial charge in [-0.2, -0.15) is 0 Å². The molecule has 4 aliphatic heterocycles. The molecule has 4 heterocycles. The normalized spacial score (nSPS) is 19.4. The van der Waals surface area contributed by atoms with Crippen molar-refractivity contribution >= 4 is 17.7 Å². The van der Waals surface area contributed by atoms with Crippen LogP contribution < -0.4 is 20.5 Å². The summed E-state index contributed by atoms with van der Waals surface area (Å²) in [5.41, 5.74) is 8.59. The number of fused-ring (bicyclic) bond motifs is 6. The lowest BCUT2D eigenvalue weighted by Gasteiger charge is -2.41. The second kappa shape index (κ2) is 12.3. The molecular formula is C33H36N4O6. The SMILES string of the molecule is NC(=O)CN1CCC(C(=O)N2CCc3cc4ccc3C2c2cccc(c2)OCCCNC(=O)c2cc(ccc2O)O4)CC1. The average molecular weight is 585 g/mol. The van der Waals surface area contributed by atoms with Gasteiger partial charge < -0.3 is 30.5 Å². The lowest BCUT2D eigenvalue weighted by molar-refractivity contribution is -0.139. The summed E-state index contributed by atoms with van der Waals surface area (Å²) < 4.78 is 12.2. The van der Waals surface area contributed by atoms with Crippen LogP contribution in [0.5, 0.6) is 23.0 Å². The predicted molar refractivity (Wildman–Crippen MR) is 159 cm³/mol. The third-order valence-corrected chi connectivity index (χ3v) is 8.44. The zero-order valence-corrected chi connectivity index (χ0v) is 24.0. The summed E-state index contributed by atoms with van der Waals surface area (Å²) in [6, 6.07) is 18.0. The van der Waals surface area contributed by atoms with Gasteiger partial charge in [-0.15, -0.1) is 0 Å². The highest BCUT2D eigenvalue weighted by Crippen LogP contribution is 2.40. The van der Waals surface area contributed by atoms with E-state index in [1.165, 1.54) is 12.1 Å². The molecule has 8 bridgehead atoms. The van der Waals surface area contributed by atoms with Crippen LogP contribution in [0.3, 0.4) is 0 Å². The highest BCUT2D eigenvalue weighted by Gasteiger charge is 2.37. The zero-order valence-electron chi connectivity index (χ0n) is 24.0. The standard InChI is InChI=1S/C33H36N4O6/c34-30(39)20-36-13-9-21(10-14-36)33(41)37-15-11-22-17-25-5-7-27(22)31(37)23-3-1-4-24(18-23)42-16-2-12-35-32(40)28-19-26(43-25)6-8-29(28)38/h1,3-8,17-19,21,31,38H,2,9-16,20H2,(H2,34,39)(H,35,40). The Morgan fingerprint density at radius 1 is 0.977 bits per heavy atom. The van der Waals surface area contributed by atoms with Crippen molar-refractivity contribution in [2.45, 2.75) is 31.7 Å². The highest BCUT2D eigenvalue weighted by atomic mass is 16.5. The van der Waals surface area contributed by atoms with Gasteiger partial charge in [-0.25, -0.2) is 0 Å². The molecule has 1 unspecified atom stereocenters. The number of rotatable bonds is 3. The number of hydrogen-bond donors (Lipinski definition) is 3. The zero-order chi connectivity index (χ0) is 29.9. The molecule has 0 radical (unpaired) electrons. The number of carbonyl (C=O) groups is 3. The maximum atomic E-state index is 14.1. The van der Waals surface area contributed by atoms with E-state index < -0.39 is 0 Å². The minimum Gasteiger partial charge on any atom is -0.507 e. The third-order valence-electron chi connectivity index (χ3n) is 8.44. The van der Waals surface area contributed by atoms with Gasteiger partial charge in [-0.3, -0.25) is 19.3 Å². The van der Waals surface area contributed by atoms with Crippen LogP contribution in [0.15, 0.2) is 60.7 Å². The maximum absolute atomic E-state index is 14.1. The Morgan fingerprint density at radius 2 is 1.77 bits per heavy atom. The first-order valence-corrected chi connectivity index (χ1v) is 14.8. The van der Waals surface area contributed by atoms with E-state index in [0.717, 1.165) is 16.7 Å². The van der Waals surface area contributed by atoms with Gasteiger partial charge in [0.05, 0.1) is 24.8 Å². The second-order valence-electron chi connectivity index (χ2n) is 11.4. The molecule has 3 amide bonds. The molecule has 0 aliphatic carbocycles. The molecule has 4 N–H and O–H groups in total. The quantitative estimate of drug-likeness (QED) is 0.430. The number of ether oxygens (including phenoxy) is 2. The van der Waals surface area contributed by atoms with Gasteiger partial charge in [0.2, 0.25) is 11.8 Å². The fourth-order valence-electron chi connectivity index (χ4n) is 6.29. The first kappa shape index (κ1) is 28.5. The minimum atomic E-state index is -0.386. The molecule has 1 fully saturated rings. The molecule has 1 saturated heterocycles. The van der Waals surface area contributed by atoms with E-state index in [-0.39, 0.29) is 47.5 Å². The van der Waals surface area contributed by atoms with Gasteiger partial charge in [-0.05, 0) is 97.9 Å². The number of hydrogen-bond acceptors (Lipinski definition) is 7. The lowest BCUT2D eigenvalue weighted by atomic mass is 9.85. The van der Waals surface area contributed by atoms with E-state index in [2.05, 4.69) is 5.32 Å². The highest BCUT2D eigenvalue weighted by molar-refractivity contribution is 5.97. The number of carbonyl (C=O) groups excluding carboxylic acids is 3. The minimum absolute atomic E-state index is 0.121. The van der Waals surface area contributed by atoms with Crippen molar-refractivity contribution in [2.24, 2.45) is 11.7 Å². The summed E-state index contributed by atoms with van der Waals surface area (Å²) in [6.45, 7) is 2.86. The third kappa shape index (κ3) is 6.29. The number of aromatic hydroxyl groups is 1. The molecule has 0 saturated carbocycles. The van der Waals surface area contributed by atoms with Gasteiger partial charge in [0.1, 0.15) is 23.0 Å². The summed E-state index contributed by atoms with van der Waals surface area (Å²) in [4.78, 5) is 42.2. The van der Waals surface area contributed by atoms with E-state index in [1.807, 2.05) is 52.3 Å². The number of primary amides is 1. The van der Waals surface area contributed by atoms with Crippen LogP contribution in [-0.4, -0.2) is 72.0 Å². The van der Waals surface area contributed by atoms with Crippen molar-refractivity contribution in [1.29, 1.82) is 0 Å². The smallest absolute Gasteiger partial charge is 0.255 e. The van der Waals surface area contributed by atoms with Gasteiger partial charge >= 0.3 is 0 Å². The molecule has 1 atom stereocenters. The number of nitrogens with one attached hydrogen (secondary N) is 1. The van der Waals surface area contributed by atoms with Crippen LogP contribution in [0.1, 0.15) is 52.4 Å². The summed E-state index contributed by atoms with van der Waals surface area (Å²) in [5.74, 6) is 0.869. The molecule has 7 rings (SSSR count). The van der Waals surface area contributed by atoms with E-state index in [0.29, 0.717) is 75.7 Å². The largest absolute Gasteiger partial charge is 0.507 e. The summed E-state index contributed by atoms with van der Waals surface area (Å²) in [5, 5.41) is 13.1. The van der Waals surface area contributed by atoms with Crippen molar-refractivity contribution in [3.63, 3.8) is 0 Å². The number of nitrogens with zero attached hydrogens (tertiary/aromatic N) is 2. The fraction of sp³-hybridized carbons (Fsp3) is 0.364. The molecule has 10 nitrogen and oxygen atoms in total. The van der Waals surface area contributed by atoms with Crippen molar-refractivity contribution in [1.82, 2.24) is 15.1 Å². The molecule has 3 aromatic rings. The van der Waals surface area contributed by atoms with Crippen LogP contribution in [0.4, 0.5) is 0 Å². The Balaban J connectivity index is 1.34. The number of amides is 3. The molecule has 0 spiro atoms. The average Bonchev–Trinajstić information content (AvgIpc) is 3.00. The number of phenols is 1. The second-order valence-corrected chi connectivity index (χ2v) is 11.4. The Bertz CT molecular complexity index is 1530. The lowest BCUT2D eigenvalue weighted by Crippen LogP contribution is -2.47. The Labute approximate surface area is 250 Å². The maximum Gasteiger partial charge on any atom is 0.255 e. The molecule has 43 heavy (non-hydrogen) atoms.